The van der Waals surface area contributed by atoms with E-state index in [4.69, 9.17) is 11.6 Å². The van der Waals surface area contributed by atoms with Crippen molar-refractivity contribution >= 4 is 34.4 Å². The van der Waals surface area contributed by atoms with E-state index < -0.39 is 0 Å². The molecule has 0 aromatic carbocycles. The lowest BCUT2D eigenvalue weighted by molar-refractivity contribution is 0.889. The van der Waals surface area contributed by atoms with Crippen LogP contribution in [0.2, 0.25) is 4.34 Å². The number of fused-ring (bicyclic) bond motifs is 1. The van der Waals surface area contributed by atoms with Gasteiger partial charge >= 0.3 is 0 Å². The lowest BCUT2D eigenvalue weighted by Gasteiger charge is -2.14. The van der Waals surface area contributed by atoms with Gasteiger partial charge in [-0.1, -0.05) is 17.7 Å². The zero-order valence-electron chi connectivity index (χ0n) is 9.80. The maximum Gasteiger partial charge on any atom is 0.138 e. The van der Waals surface area contributed by atoms with E-state index in [2.05, 4.69) is 23.3 Å². The molecule has 3 aromatic rings. The van der Waals surface area contributed by atoms with Crippen LogP contribution in [0.5, 0.6) is 0 Å². The zero-order valence-corrected chi connectivity index (χ0v) is 11.4. The lowest BCUT2D eigenvalue weighted by atomic mass is 10.2. The number of nitrogens with one attached hydrogen (secondary N) is 1. The summed E-state index contributed by atoms with van der Waals surface area (Å²) in [4.78, 5) is 5.49. The van der Waals surface area contributed by atoms with Crippen LogP contribution < -0.4 is 5.32 Å². The Morgan fingerprint density at radius 1 is 1.33 bits per heavy atom. The van der Waals surface area contributed by atoms with Crippen LogP contribution >= 0.6 is 22.9 Å². The Labute approximate surface area is 114 Å². The number of anilines is 1. The first-order chi connectivity index (χ1) is 8.74. The van der Waals surface area contributed by atoms with Gasteiger partial charge in [-0.3, -0.25) is 4.40 Å². The second-order valence-corrected chi connectivity index (χ2v) is 5.82. The predicted molar refractivity (Wildman–Crippen MR) is 76.6 cm³/mol. The molecule has 0 fully saturated rings. The van der Waals surface area contributed by atoms with Gasteiger partial charge in [-0.2, -0.15) is 0 Å². The number of pyridine rings is 1. The summed E-state index contributed by atoms with van der Waals surface area (Å²) in [6.07, 6.45) is 3.75. The molecule has 0 saturated heterocycles. The molecule has 3 heterocycles. The van der Waals surface area contributed by atoms with Crippen LogP contribution in [0.15, 0.2) is 42.7 Å². The van der Waals surface area contributed by atoms with Crippen LogP contribution in [0.1, 0.15) is 17.8 Å². The second-order valence-electron chi connectivity index (χ2n) is 4.07. The zero-order chi connectivity index (χ0) is 12.5. The molecule has 1 unspecified atom stereocenters. The average Bonchev–Trinajstić information content (AvgIpc) is 2.97. The van der Waals surface area contributed by atoms with Gasteiger partial charge < -0.3 is 5.32 Å². The largest absolute Gasteiger partial charge is 0.364 e. The van der Waals surface area contributed by atoms with Crippen LogP contribution in [0.4, 0.5) is 5.82 Å². The highest BCUT2D eigenvalue weighted by molar-refractivity contribution is 7.16. The molecule has 0 bridgehead atoms. The van der Waals surface area contributed by atoms with E-state index in [-0.39, 0.29) is 6.04 Å². The highest BCUT2D eigenvalue weighted by atomic mass is 35.5. The average molecular weight is 278 g/mol. The van der Waals surface area contributed by atoms with Crippen molar-refractivity contribution in [1.29, 1.82) is 0 Å². The molecule has 3 rings (SSSR count). The highest BCUT2D eigenvalue weighted by Crippen LogP contribution is 2.29. The lowest BCUT2D eigenvalue weighted by Crippen LogP contribution is -2.07. The fraction of sp³-hybridized carbons (Fsp3) is 0.154. The van der Waals surface area contributed by atoms with Crippen molar-refractivity contribution < 1.29 is 0 Å². The summed E-state index contributed by atoms with van der Waals surface area (Å²) >= 11 is 7.56. The first-order valence-electron chi connectivity index (χ1n) is 5.68. The van der Waals surface area contributed by atoms with E-state index in [9.17, 15) is 0 Å². The van der Waals surface area contributed by atoms with Crippen molar-refractivity contribution in [2.75, 3.05) is 5.32 Å². The van der Waals surface area contributed by atoms with Gasteiger partial charge in [-0.05, 0) is 31.2 Å². The van der Waals surface area contributed by atoms with Gasteiger partial charge in [0.05, 0.1) is 10.4 Å². The maximum atomic E-state index is 5.96. The van der Waals surface area contributed by atoms with E-state index in [1.165, 1.54) is 4.88 Å². The summed E-state index contributed by atoms with van der Waals surface area (Å²) in [5, 5.41) is 3.48. The maximum absolute atomic E-state index is 5.96. The van der Waals surface area contributed by atoms with Gasteiger partial charge in [0.15, 0.2) is 0 Å². The van der Waals surface area contributed by atoms with Crippen molar-refractivity contribution in [3.05, 3.63) is 51.9 Å². The molecule has 0 saturated carbocycles. The van der Waals surface area contributed by atoms with E-state index in [0.29, 0.717) is 0 Å². The third-order valence-corrected chi connectivity index (χ3v) is 4.23. The van der Waals surface area contributed by atoms with E-state index in [1.54, 1.807) is 17.5 Å². The molecule has 18 heavy (non-hydrogen) atoms. The molecule has 0 spiro atoms. The number of aromatic nitrogens is 2. The summed E-state index contributed by atoms with van der Waals surface area (Å²) in [5.41, 5.74) is 0.941. The number of imidazole rings is 1. The number of hydrogen-bond donors (Lipinski definition) is 1. The van der Waals surface area contributed by atoms with Crippen LogP contribution in [0.3, 0.4) is 0 Å². The topological polar surface area (TPSA) is 29.3 Å². The van der Waals surface area contributed by atoms with Crippen LogP contribution in [0.25, 0.3) is 5.65 Å². The standard InChI is InChI=1S/C13H12ClN3S/c1-9(10-5-6-11(14)18-10)16-13-4-2-3-12-15-7-8-17(12)13/h2-9,16H,1H3. The van der Waals surface area contributed by atoms with E-state index in [1.807, 2.05) is 34.9 Å². The van der Waals surface area contributed by atoms with Gasteiger partial charge in [0.2, 0.25) is 0 Å². The first kappa shape index (κ1) is 11.6. The Hall–Kier alpha value is -1.52. The van der Waals surface area contributed by atoms with Gasteiger partial charge in [0, 0.05) is 17.3 Å². The SMILES string of the molecule is CC(Nc1cccc2nccn12)c1ccc(Cl)s1. The van der Waals surface area contributed by atoms with Crippen LogP contribution in [-0.2, 0) is 0 Å². The molecule has 92 valence electrons. The molecule has 1 atom stereocenters. The second kappa shape index (κ2) is 4.63. The summed E-state index contributed by atoms with van der Waals surface area (Å²) < 4.78 is 2.85. The van der Waals surface area contributed by atoms with Gasteiger partial charge in [-0.25, -0.2) is 4.98 Å². The predicted octanol–water partition coefficient (Wildman–Crippen LogP) is 4.22. The molecule has 3 aromatic heterocycles. The third-order valence-electron chi connectivity index (χ3n) is 2.81. The highest BCUT2D eigenvalue weighted by Gasteiger charge is 2.09. The minimum atomic E-state index is 0.218. The molecule has 0 aliphatic rings. The fourth-order valence-corrected chi connectivity index (χ4v) is 2.98. The molecule has 0 radical (unpaired) electrons. The molecule has 0 amide bonds. The Morgan fingerprint density at radius 2 is 2.22 bits per heavy atom. The quantitative estimate of drug-likeness (QED) is 0.777. The summed E-state index contributed by atoms with van der Waals surface area (Å²) in [7, 11) is 0. The summed E-state index contributed by atoms with van der Waals surface area (Å²) in [6, 6.07) is 10.2. The van der Waals surface area contributed by atoms with Crippen molar-refractivity contribution in [1.82, 2.24) is 9.38 Å². The van der Waals surface area contributed by atoms with Crippen LogP contribution in [-0.4, -0.2) is 9.38 Å². The van der Waals surface area contributed by atoms with Crippen LogP contribution in [0, 0.1) is 0 Å². The van der Waals surface area contributed by atoms with E-state index >= 15 is 0 Å². The van der Waals surface area contributed by atoms with Gasteiger partial charge in [0.25, 0.3) is 0 Å². The molecule has 3 nitrogen and oxygen atoms in total. The van der Waals surface area contributed by atoms with Crippen molar-refractivity contribution in [3.8, 4) is 0 Å². The summed E-state index contributed by atoms with van der Waals surface area (Å²) in [6.45, 7) is 2.12. The Kier molecular flexibility index (Phi) is 2.97. The Balaban J connectivity index is 1.90. The number of rotatable bonds is 3. The Bertz CT molecular complexity index is 673. The molecule has 0 aliphatic carbocycles. The third kappa shape index (κ3) is 2.09. The Morgan fingerprint density at radius 3 is 3.00 bits per heavy atom. The minimum Gasteiger partial charge on any atom is -0.364 e. The first-order valence-corrected chi connectivity index (χ1v) is 6.87. The van der Waals surface area contributed by atoms with Crippen molar-refractivity contribution in [2.45, 2.75) is 13.0 Å². The smallest absolute Gasteiger partial charge is 0.138 e. The molecule has 5 heteroatoms. The number of hydrogen-bond acceptors (Lipinski definition) is 3. The number of halogens is 1. The number of nitrogens with zero attached hydrogens (tertiary/aromatic N) is 2. The fourth-order valence-electron chi connectivity index (χ4n) is 1.92. The molecular weight excluding hydrogens is 266 g/mol. The van der Waals surface area contributed by atoms with Crippen molar-refractivity contribution in [2.24, 2.45) is 0 Å². The molecular formula is C13H12ClN3S. The molecule has 0 aliphatic heterocycles. The number of thiophene rings is 1. The minimum absolute atomic E-state index is 0.218. The normalized spacial score (nSPS) is 12.8. The van der Waals surface area contributed by atoms with Crippen molar-refractivity contribution in [3.63, 3.8) is 0 Å². The monoisotopic (exact) mass is 277 g/mol. The van der Waals surface area contributed by atoms with Gasteiger partial charge in [-0.15, -0.1) is 11.3 Å². The van der Waals surface area contributed by atoms with Gasteiger partial charge in [0.1, 0.15) is 11.5 Å². The summed E-state index contributed by atoms with van der Waals surface area (Å²) in [5.74, 6) is 1.03. The molecule has 1 N–H and O–H groups in total. The van der Waals surface area contributed by atoms with E-state index in [0.717, 1.165) is 15.8 Å².